The largest absolute Gasteiger partial charge is 0.467 e. The summed E-state index contributed by atoms with van der Waals surface area (Å²) in [6, 6.07) is 3.41. The van der Waals surface area contributed by atoms with E-state index in [1.54, 1.807) is 12.1 Å². The molecule has 1 unspecified atom stereocenters. The normalized spacial score (nSPS) is 14.5. The van der Waals surface area contributed by atoms with Crippen LogP contribution in [0, 0.1) is 0 Å². The van der Waals surface area contributed by atoms with Crippen molar-refractivity contribution in [2.24, 2.45) is 0 Å². The van der Waals surface area contributed by atoms with Gasteiger partial charge in [0.25, 0.3) is 0 Å². The number of hydrogen-bond donors (Lipinski definition) is 1. The van der Waals surface area contributed by atoms with Gasteiger partial charge < -0.3 is 19.3 Å². The summed E-state index contributed by atoms with van der Waals surface area (Å²) < 4.78 is 15.0. The fourth-order valence-corrected chi connectivity index (χ4v) is 1.80. The summed E-state index contributed by atoms with van der Waals surface area (Å²) in [5.74, 6) is 0.501. The molecule has 0 radical (unpaired) electrons. The highest BCUT2D eigenvalue weighted by Gasteiger charge is 2.25. The topological polar surface area (TPSA) is 65.0 Å². The summed E-state index contributed by atoms with van der Waals surface area (Å²) >= 11 is 0. The first-order valence-electron chi connectivity index (χ1n) is 5.35. The number of methoxy groups -OCH3 is 1. The minimum atomic E-state index is -1.29. The van der Waals surface area contributed by atoms with Crippen LogP contribution in [0.4, 0.5) is 0 Å². The van der Waals surface area contributed by atoms with Crippen LogP contribution < -0.4 is 9.47 Å². The molecule has 1 heterocycles. The highest BCUT2D eigenvalue weighted by molar-refractivity contribution is 5.77. The van der Waals surface area contributed by atoms with Crippen molar-refractivity contribution in [2.75, 3.05) is 13.9 Å². The molecule has 0 bridgehead atoms. The van der Waals surface area contributed by atoms with Crippen LogP contribution in [0.2, 0.25) is 0 Å². The second-order valence-electron chi connectivity index (χ2n) is 3.68. The zero-order valence-corrected chi connectivity index (χ0v) is 9.73. The van der Waals surface area contributed by atoms with Gasteiger partial charge in [-0.2, -0.15) is 0 Å². The summed E-state index contributed by atoms with van der Waals surface area (Å²) in [5, 5.41) is 9.86. The predicted molar refractivity (Wildman–Crippen MR) is 58.9 cm³/mol. The number of carbonyl (C=O) groups excluding carboxylic acids is 1. The number of hydrogen-bond acceptors (Lipinski definition) is 5. The lowest BCUT2D eigenvalue weighted by Crippen LogP contribution is -2.15. The van der Waals surface area contributed by atoms with E-state index < -0.39 is 12.1 Å². The average molecular weight is 238 g/mol. The van der Waals surface area contributed by atoms with Gasteiger partial charge in [0.05, 0.1) is 7.11 Å². The second kappa shape index (κ2) is 4.63. The van der Waals surface area contributed by atoms with Gasteiger partial charge in [0.1, 0.15) is 0 Å². The van der Waals surface area contributed by atoms with E-state index >= 15 is 0 Å². The van der Waals surface area contributed by atoms with E-state index in [0.717, 1.165) is 5.56 Å². The highest BCUT2D eigenvalue weighted by atomic mass is 16.7. The molecule has 0 fully saturated rings. The van der Waals surface area contributed by atoms with Crippen LogP contribution in [0.3, 0.4) is 0 Å². The Hall–Kier alpha value is -1.75. The lowest BCUT2D eigenvalue weighted by Gasteiger charge is -2.13. The van der Waals surface area contributed by atoms with Gasteiger partial charge in [0.15, 0.2) is 17.6 Å². The van der Waals surface area contributed by atoms with Crippen molar-refractivity contribution >= 4 is 5.97 Å². The number of aliphatic hydroxyl groups is 1. The molecule has 17 heavy (non-hydrogen) atoms. The molecule has 0 aliphatic carbocycles. The van der Waals surface area contributed by atoms with Gasteiger partial charge in [-0.15, -0.1) is 0 Å². The monoisotopic (exact) mass is 238 g/mol. The Morgan fingerprint density at radius 2 is 2.12 bits per heavy atom. The number of fused-ring (bicyclic) bond motifs is 1. The minimum Gasteiger partial charge on any atom is -0.467 e. The maximum Gasteiger partial charge on any atom is 0.339 e. The fourth-order valence-electron chi connectivity index (χ4n) is 1.80. The molecule has 0 saturated carbocycles. The SMILES string of the molecule is CCc1cc2c(cc1C(O)C(=O)OC)OCO2. The molecule has 1 aliphatic rings. The Bertz CT molecular complexity index is 441. The number of carbonyl (C=O) groups is 1. The number of aliphatic hydroxyl groups excluding tert-OH is 1. The van der Waals surface area contributed by atoms with Crippen molar-refractivity contribution < 1.29 is 24.1 Å². The number of esters is 1. The smallest absolute Gasteiger partial charge is 0.339 e. The molecule has 1 N–H and O–H groups in total. The molecule has 92 valence electrons. The van der Waals surface area contributed by atoms with Crippen LogP contribution in [0.1, 0.15) is 24.2 Å². The molecule has 5 heteroatoms. The van der Waals surface area contributed by atoms with Crippen molar-refractivity contribution in [1.82, 2.24) is 0 Å². The molecule has 0 spiro atoms. The maximum absolute atomic E-state index is 11.3. The molecule has 0 saturated heterocycles. The zero-order chi connectivity index (χ0) is 12.4. The van der Waals surface area contributed by atoms with Crippen LogP contribution in [0.25, 0.3) is 0 Å². The van der Waals surface area contributed by atoms with Gasteiger partial charge in [0.2, 0.25) is 6.79 Å². The summed E-state index contributed by atoms with van der Waals surface area (Å²) in [5.41, 5.74) is 1.34. The zero-order valence-electron chi connectivity index (χ0n) is 9.73. The highest BCUT2D eigenvalue weighted by Crippen LogP contribution is 2.37. The molecule has 2 rings (SSSR count). The van der Waals surface area contributed by atoms with Crippen LogP contribution in [0.15, 0.2) is 12.1 Å². The van der Waals surface area contributed by atoms with Crippen LogP contribution in [0.5, 0.6) is 11.5 Å². The predicted octanol–water partition coefficient (Wildman–Crippen LogP) is 1.18. The van der Waals surface area contributed by atoms with Crippen molar-refractivity contribution in [1.29, 1.82) is 0 Å². The van der Waals surface area contributed by atoms with E-state index in [4.69, 9.17) is 9.47 Å². The van der Waals surface area contributed by atoms with E-state index in [-0.39, 0.29) is 6.79 Å². The Balaban J connectivity index is 2.42. The van der Waals surface area contributed by atoms with Crippen LogP contribution in [-0.4, -0.2) is 25.0 Å². The fraction of sp³-hybridized carbons (Fsp3) is 0.417. The van der Waals surface area contributed by atoms with Gasteiger partial charge in [-0.3, -0.25) is 0 Å². The molecular formula is C12H14O5. The van der Waals surface area contributed by atoms with Gasteiger partial charge in [-0.25, -0.2) is 4.79 Å². The standard InChI is InChI=1S/C12H14O5/c1-3-7-4-9-10(17-6-16-9)5-8(7)11(13)12(14)15-2/h4-5,11,13H,3,6H2,1-2H3. The average Bonchev–Trinajstić information content (AvgIpc) is 2.82. The Morgan fingerprint density at radius 3 is 2.71 bits per heavy atom. The third kappa shape index (κ3) is 2.06. The molecule has 0 amide bonds. The van der Waals surface area contributed by atoms with Crippen molar-refractivity contribution in [3.8, 4) is 11.5 Å². The summed E-state index contributed by atoms with van der Waals surface area (Å²) in [6.45, 7) is 2.10. The Morgan fingerprint density at radius 1 is 1.47 bits per heavy atom. The minimum absolute atomic E-state index is 0.163. The maximum atomic E-state index is 11.3. The van der Waals surface area contributed by atoms with Crippen molar-refractivity contribution in [3.05, 3.63) is 23.3 Å². The summed E-state index contributed by atoms with van der Waals surface area (Å²) in [4.78, 5) is 11.3. The number of benzene rings is 1. The second-order valence-corrected chi connectivity index (χ2v) is 3.68. The lowest BCUT2D eigenvalue weighted by molar-refractivity contribution is -0.150. The number of ether oxygens (including phenoxy) is 3. The van der Waals surface area contributed by atoms with Gasteiger partial charge in [-0.05, 0) is 29.7 Å². The first-order chi connectivity index (χ1) is 8.17. The first kappa shape index (κ1) is 11.7. The molecule has 1 atom stereocenters. The molecule has 1 aliphatic heterocycles. The first-order valence-corrected chi connectivity index (χ1v) is 5.35. The van der Waals surface area contributed by atoms with Crippen molar-refractivity contribution in [2.45, 2.75) is 19.4 Å². The third-order valence-corrected chi connectivity index (χ3v) is 2.73. The molecule has 0 aromatic heterocycles. The van der Waals surface area contributed by atoms with Crippen LogP contribution in [-0.2, 0) is 16.0 Å². The van der Waals surface area contributed by atoms with Crippen molar-refractivity contribution in [3.63, 3.8) is 0 Å². The summed E-state index contributed by atoms with van der Waals surface area (Å²) in [7, 11) is 1.24. The number of rotatable bonds is 3. The molecule has 1 aromatic carbocycles. The van der Waals surface area contributed by atoms with E-state index in [0.29, 0.717) is 23.5 Å². The van der Waals surface area contributed by atoms with E-state index in [1.807, 2.05) is 6.92 Å². The third-order valence-electron chi connectivity index (χ3n) is 2.73. The van der Waals surface area contributed by atoms with E-state index in [1.165, 1.54) is 7.11 Å². The van der Waals surface area contributed by atoms with E-state index in [2.05, 4.69) is 4.74 Å². The van der Waals surface area contributed by atoms with Gasteiger partial charge >= 0.3 is 5.97 Å². The molecular weight excluding hydrogens is 224 g/mol. The number of aryl methyl sites for hydroxylation is 1. The molecule has 5 nitrogen and oxygen atoms in total. The quantitative estimate of drug-likeness (QED) is 0.801. The Kier molecular flexibility index (Phi) is 3.19. The van der Waals surface area contributed by atoms with Gasteiger partial charge in [0, 0.05) is 0 Å². The van der Waals surface area contributed by atoms with Crippen LogP contribution >= 0.6 is 0 Å². The van der Waals surface area contributed by atoms with E-state index in [9.17, 15) is 9.90 Å². The molecule has 1 aromatic rings. The van der Waals surface area contributed by atoms with Gasteiger partial charge in [-0.1, -0.05) is 6.92 Å². The lowest BCUT2D eigenvalue weighted by atomic mass is 9.99. The Labute approximate surface area is 98.9 Å². The summed E-state index contributed by atoms with van der Waals surface area (Å²) in [6.07, 6.45) is -0.607.